The van der Waals surface area contributed by atoms with Crippen LogP contribution in [0.15, 0.2) is 66.0 Å². The number of halogens is 3. The van der Waals surface area contributed by atoms with Gasteiger partial charge < -0.3 is 15.4 Å². The lowest BCUT2D eigenvalue weighted by molar-refractivity contribution is -0.274. The van der Waals surface area contributed by atoms with E-state index in [1.807, 2.05) is 30.3 Å². The van der Waals surface area contributed by atoms with E-state index < -0.39 is 12.4 Å². The van der Waals surface area contributed by atoms with Crippen LogP contribution in [0, 0.1) is 0 Å². The monoisotopic (exact) mass is 516 g/mol. The molecule has 0 aliphatic heterocycles. The molecule has 4 rings (SSSR count). The Hall–Kier alpha value is -3.33. The minimum atomic E-state index is -4.75. The van der Waals surface area contributed by atoms with Crippen molar-refractivity contribution in [2.75, 3.05) is 0 Å². The van der Waals surface area contributed by atoms with Crippen molar-refractivity contribution in [1.29, 1.82) is 0 Å². The summed E-state index contributed by atoms with van der Waals surface area (Å²) >= 11 is 1.23. The summed E-state index contributed by atoms with van der Waals surface area (Å²) in [5, 5.41) is 7.86. The molecule has 9 heteroatoms. The van der Waals surface area contributed by atoms with Crippen molar-refractivity contribution in [1.82, 2.24) is 10.6 Å². The summed E-state index contributed by atoms with van der Waals surface area (Å²) in [6.07, 6.45) is 0.766. The minimum absolute atomic E-state index is 0.0934. The van der Waals surface area contributed by atoms with Gasteiger partial charge in [0.1, 0.15) is 5.75 Å². The van der Waals surface area contributed by atoms with Gasteiger partial charge in [-0.15, -0.1) is 24.5 Å². The zero-order chi connectivity index (χ0) is 25.5. The van der Waals surface area contributed by atoms with Gasteiger partial charge in [0.2, 0.25) is 5.91 Å². The highest BCUT2D eigenvalue weighted by molar-refractivity contribution is 7.12. The molecule has 36 heavy (non-hydrogen) atoms. The fourth-order valence-corrected chi connectivity index (χ4v) is 5.16. The van der Waals surface area contributed by atoms with Crippen molar-refractivity contribution in [2.24, 2.45) is 0 Å². The SMILES string of the molecule is O=C(C[C@H](NC(=O)c1cc(-c2ccc(OC(F)(F)F)cc2)cs1)c1ccccc1)NC1CCCCC1. The van der Waals surface area contributed by atoms with Crippen molar-refractivity contribution >= 4 is 23.2 Å². The molecule has 3 aromatic rings. The fraction of sp³-hybridized carbons (Fsp3) is 0.333. The number of nitrogens with one attached hydrogen (secondary N) is 2. The van der Waals surface area contributed by atoms with Crippen LogP contribution in [-0.2, 0) is 4.79 Å². The van der Waals surface area contributed by atoms with Crippen LogP contribution in [0.25, 0.3) is 11.1 Å². The molecule has 0 unspecified atom stereocenters. The van der Waals surface area contributed by atoms with E-state index in [9.17, 15) is 22.8 Å². The predicted molar refractivity (Wildman–Crippen MR) is 133 cm³/mol. The number of alkyl halides is 3. The van der Waals surface area contributed by atoms with Crippen molar-refractivity contribution in [3.05, 3.63) is 76.5 Å². The molecule has 190 valence electrons. The summed E-state index contributed by atoms with van der Waals surface area (Å²) in [7, 11) is 0. The number of benzene rings is 2. The first kappa shape index (κ1) is 25.8. The lowest BCUT2D eigenvalue weighted by Gasteiger charge is -2.24. The molecule has 1 saturated carbocycles. The second-order valence-electron chi connectivity index (χ2n) is 8.82. The number of amides is 2. The van der Waals surface area contributed by atoms with Crippen molar-refractivity contribution in [2.45, 2.75) is 57.0 Å². The quantitative estimate of drug-likeness (QED) is 0.353. The maximum Gasteiger partial charge on any atom is 0.573 e. The Morgan fingerprint density at radius 1 is 0.972 bits per heavy atom. The highest BCUT2D eigenvalue weighted by Gasteiger charge is 2.31. The maximum absolute atomic E-state index is 13.1. The molecule has 5 nitrogen and oxygen atoms in total. The third kappa shape index (κ3) is 7.34. The van der Waals surface area contributed by atoms with E-state index in [4.69, 9.17) is 0 Å². The van der Waals surface area contributed by atoms with Gasteiger partial charge in [-0.1, -0.05) is 61.7 Å². The summed E-state index contributed by atoms with van der Waals surface area (Å²) in [5.41, 5.74) is 2.20. The highest BCUT2D eigenvalue weighted by Crippen LogP contribution is 2.30. The number of carbonyl (C=O) groups is 2. The van der Waals surface area contributed by atoms with Gasteiger partial charge in [0.15, 0.2) is 0 Å². The van der Waals surface area contributed by atoms with Crippen molar-refractivity contribution in [3.63, 3.8) is 0 Å². The Labute approximate surface area is 211 Å². The van der Waals surface area contributed by atoms with Crippen LogP contribution in [0.2, 0.25) is 0 Å². The first-order valence-corrected chi connectivity index (χ1v) is 12.7. The topological polar surface area (TPSA) is 67.4 Å². The normalized spacial score (nSPS) is 15.2. The molecule has 0 saturated heterocycles. The molecule has 2 N–H and O–H groups in total. The second kappa shape index (κ2) is 11.6. The number of thiophene rings is 1. The Bertz CT molecular complexity index is 1160. The van der Waals surface area contributed by atoms with Gasteiger partial charge in [-0.25, -0.2) is 0 Å². The predicted octanol–water partition coefficient (Wildman–Crippen LogP) is 6.62. The largest absolute Gasteiger partial charge is 0.573 e. The van der Waals surface area contributed by atoms with Crippen LogP contribution < -0.4 is 15.4 Å². The van der Waals surface area contributed by atoms with E-state index in [0.717, 1.165) is 31.2 Å². The van der Waals surface area contributed by atoms with Gasteiger partial charge in [-0.3, -0.25) is 9.59 Å². The standard InChI is InChI=1S/C27H27F3N2O3S/c28-27(29,30)35-22-13-11-18(12-14-22)20-15-24(36-17-20)26(34)32-23(19-7-3-1-4-8-19)16-25(33)31-21-9-5-2-6-10-21/h1,3-4,7-8,11-15,17,21,23H,2,5-6,9-10,16H2,(H,31,33)(H,32,34)/t23-/m0/s1. The van der Waals surface area contributed by atoms with Gasteiger partial charge in [0, 0.05) is 6.04 Å². The van der Waals surface area contributed by atoms with E-state index in [-0.39, 0.29) is 30.0 Å². The van der Waals surface area contributed by atoms with Crippen LogP contribution in [0.1, 0.15) is 59.8 Å². The summed E-state index contributed by atoms with van der Waals surface area (Å²) in [5.74, 6) is -0.719. The molecule has 0 spiro atoms. The molecule has 0 bridgehead atoms. The molecular weight excluding hydrogens is 489 g/mol. The molecule has 2 aromatic carbocycles. The van der Waals surface area contributed by atoms with Crippen LogP contribution in [0.4, 0.5) is 13.2 Å². The minimum Gasteiger partial charge on any atom is -0.406 e. The van der Waals surface area contributed by atoms with Gasteiger partial charge in [-0.2, -0.15) is 0 Å². The maximum atomic E-state index is 13.1. The zero-order valence-corrected chi connectivity index (χ0v) is 20.3. The summed E-state index contributed by atoms with van der Waals surface area (Å²) in [6.45, 7) is 0. The fourth-order valence-electron chi connectivity index (χ4n) is 4.34. The van der Waals surface area contributed by atoms with Gasteiger partial charge in [0.05, 0.1) is 17.3 Å². The van der Waals surface area contributed by atoms with E-state index in [0.29, 0.717) is 16.0 Å². The summed E-state index contributed by atoms with van der Waals surface area (Å²) < 4.78 is 41.1. The number of hydrogen-bond acceptors (Lipinski definition) is 4. The molecule has 1 atom stereocenters. The van der Waals surface area contributed by atoms with E-state index in [1.54, 1.807) is 11.4 Å². The zero-order valence-electron chi connectivity index (χ0n) is 19.5. The Balaban J connectivity index is 1.43. The molecule has 1 aliphatic carbocycles. The first-order valence-electron chi connectivity index (χ1n) is 11.9. The molecule has 1 heterocycles. The summed E-state index contributed by atoms with van der Waals surface area (Å²) in [4.78, 5) is 26.3. The number of hydrogen-bond donors (Lipinski definition) is 2. The molecule has 2 amide bonds. The van der Waals surface area contributed by atoms with Crippen molar-refractivity contribution in [3.8, 4) is 16.9 Å². The van der Waals surface area contributed by atoms with Crippen LogP contribution in [0.5, 0.6) is 5.75 Å². The molecule has 1 aliphatic rings. The van der Waals surface area contributed by atoms with Crippen LogP contribution >= 0.6 is 11.3 Å². The van der Waals surface area contributed by atoms with E-state index in [1.165, 1.54) is 42.0 Å². The average molecular weight is 517 g/mol. The number of rotatable bonds is 8. The molecular formula is C27H27F3N2O3S. The Morgan fingerprint density at radius 3 is 2.33 bits per heavy atom. The third-order valence-corrected chi connectivity index (χ3v) is 7.04. The highest BCUT2D eigenvalue weighted by atomic mass is 32.1. The van der Waals surface area contributed by atoms with Gasteiger partial charge in [0.25, 0.3) is 5.91 Å². The Kier molecular flexibility index (Phi) is 8.30. The molecule has 0 radical (unpaired) electrons. The van der Waals surface area contributed by atoms with Crippen LogP contribution in [0.3, 0.4) is 0 Å². The van der Waals surface area contributed by atoms with E-state index >= 15 is 0 Å². The lowest BCUT2D eigenvalue weighted by Crippen LogP contribution is -2.39. The second-order valence-corrected chi connectivity index (χ2v) is 9.73. The molecule has 1 fully saturated rings. The number of ether oxygens (including phenoxy) is 1. The van der Waals surface area contributed by atoms with Gasteiger partial charge >= 0.3 is 6.36 Å². The third-order valence-electron chi connectivity index (χ3n) is 6.11. The average Bonchev–Trinajstić information content (AvgIpc) is 3.35. The lowest BCUT2D eigenvalue weighted by atomic mass is 9.95. The van der Waals surface area contributed by atoms with Crippen molar-refractivity contribution < 1.29 is 27.5 Å². The molecule has 1 aromatic heterocycles. The van der Waals surface area contributed by atoms with E-state index in [2.05, 4.69) is 15.4 Å². The summed E-state index contributed by atoms with van der Waals surface area (Å²) in [6, 6.07) is 16.2. The number of carbonyl (C=O) groups excluding carboxylic acids is 2. The van der Waals surface area contributed by atoms with Gasteiger partial charge in [-0.05, 0) is 53.1 Å². The first-order chi connectivity index (χ1) is 17.3. The van der Waals surface area contributed by atoms with Crippen LogP contribution in [-0.4, -0.2) is 24.2 Å². The Morgan fingerprint density at radius 2 is 1.67 bits per heavy atom. The smallest absolute Gasteiger partial charge is 0.406 e.